The molecule has 0 aliphatic rings. The first-order chi connectivity index (χ1) is 9.80. The minimum Gasteiger partial charge on any atom is -0.362 e. The predicted molar refractivity (Wildman–Crippen MR) is 71.7 cm³/mol. The molecule has 0 aliphatic heterocycles. The smallest absolute Gasteiger partial charge is 0.362 e. The van der Waals surface area contributed by atoms with Gasteiger partial charge in [0.2, 0.25) is 0 Å². The van der Waals surface area contributed by atoms with E-state index in [1.165, 1.54) is 12.3 Å². The summed E-state index contributed by atoms with van der Waals surface area (Å²) >= 11 is 0. The summed E-state index contributed by atoms with van der Waals surface area (Å²) in [5.41, 5.74) is -0.795. The molecule has 21 heavy (non-hydrogen) atoms. The van der Waals surface area contributed by atoms with Crippen LogP contribution in [0.4, 0.5) is 19.0 Å². The fourth-order valence-electron chi connectivity index (χ4n) is 1.97. The van der Waals surface area contributed by atoms with Crippen molar-refractivity contribution in [2.75, 3.05) is 5.32 Å². The Labute approximate surface area is 120 Å². The third-order valence-corrected chi connectivity index (χ3v) is 3.04. The lowest BCUT2D eigenvalue weighted by atomic mass is 10.2. The van der Waals surface area contributed by atoms with E-state index in [0.717, 1.165) is 11.9 Å². The van der Waals surface area contributed by atoms with Gasteiger partial charge < -0.3 is 9.88 Å². The van der Waals surface area contributed by atoms with Crippen molar-refractivity contribution in [1.82, 2.24) is 19.7 Å². The van der Waals surface area contributed by atoms with Crippen molar-refractivity contribution in [2.45, 2.75) is 32.5 Å². The van der Waals surface area contributed by atoms with Gasteiger partial charge in [-0.2, -0.15) is 13.2 Å². The summed E-state index contributed by atoms with van der Waals surface area (Å²) in [6.07, 6.45) is -3.13. The number of hydrogen-bond acceptors (Lipinski definition) is 4. The number of nitrogens with zero attached hydrogens (tertiary/aromatic N) is 4. The molecule has 0 saturated carbocycles. The summed E-state index contributed by atoms with van der Waals surface area (Å²) in [4.78, 5) is 3.74. The number of alkyl halides is 3. The molecule has 0 unspecified atom stereocenters. The van der Waals surface area contributed by atoms with Crippen LogP contribution in [0.15, 0.2) is 18.3 Å². The van der Waals surface area contributed by atoms with Gasteiger partial charge in [-0.25, -0.2) is 4.98 Å². The van der Waals surface area contributed by atoms with Gasteiger partial charge in [0.25, 0.3) is 0 Å². The summed E-state index contributed by atoms with van der Waals surface area (Å²) in [5.74, 6) is 1.32. The van der Waals surface area contributed by atoms with Crippen LogP contribution in [0.2, 0.25) is 0 Å². The van der Waals surface area contributed by atoms with Gasteiger partial charge in [-0.05, 0) is 12.1 Å². The van der Waals surface area contributed by atoms with Crippen LogP contribution in [0.3, 0.4) is 0 Å². The second kappa shape index (κ2) is 5.71. The van der Waals surface area contributed by atoms with Gasteiger partial charge in [-0.1, -0.05) is 13.8 Å². The number of hydrogen-bond donors (Lipinski definition) is 1. The molecule has 0 spiro atoms. The Morgan fingerprint density at radius 2 is 2.00 bits per heavy atom. The molecule has 2 rings (SSSR count). The van der Waals surface area contributed by atoms with Gasteiger partial charge in [0.05, 0.1) is 12.1 Å². The van der Waals surface area contributed by atoms with Crippen LogP contribution in [0, 0.1) is 0 Å². The fraction of sp³-hybridized carbons (Fsp3) is 0.462. The molecule has 0 saturated heterocycles. The Morgan fingerprint density at radius 3 is 2.57 bits per heavy atom. The van der Waals surface area contributed by atoms with Gasteiger partial charge in [-0.15, -0.1) is 10.2 Å². The maximum absolute atomic E-state index is 12.9. The number of anilines is 1. The van der Waals surface area contributed by atoms with Gasteiger partial charge in [0.1, 0.15) is 11.6 Å². The lowest BCUT2D eigenvalue weighted by Crippen LogP contribution is -2.14. The summed E-state index contributed by atoms with van der Waals surface area (Å²) in [6, 6.07) is 2.25. The van der Waals surface area contributed by atoms with Gasteiger partial charge >= 0.3 is 6.18 Å². The first-order valence-corrected chi connectivity index (χ1v) is 6.45. The second-order valence-corrected chi connectivity index (χ2v) is 4.94. The molecule has 0 aliphatic carbocycles. The largest absolute Gasteiger partial charge is 0.419 e. The molecular weight excluding hydrogens is 283 g/mol. The maximum Gasteiger partial charge on any atom is 0.419 e. The van der Waals surface area contributed by atoms with Gasteiger partial charge in [0.15, 0.2) is 5.82 Å². The summed E-state index contributed by atoms with van der Waals surface area (Å²) in [5, 5.41) is 10.7. The molecule has 0 aromatic carbocycles. The topological polar surface area (TPSA) is 55.6 Å². The molecule has 2 heterocycles. The summed E-state index contributed by atoms with van der Waals surface area (Å²) in [7, 11) is 1.79. The highest BCUT2D eigenvalue weighted by atomic mass is 19.4. The first-order valence-electron chi connectivity index (χ1n) is 6.45. The van der Waals surface area contributed by atoms with E-state index >= 15 is 0 Å². The van der Waals surface area contributed by atoms with E-state index in [0.29, 0.717) is 5.82 Å². The zero-order valence-corrected chi connectivity index (χ0v) is 11.9. The van der Waals surface area contributed by atoms with E-state index in [9.17, 15) is 13.2 Å². The standard InChI is InChI=1S/C13H16F3N5/c1-8(2)12-20-19-10(21(12)3)7-18-11-9(13(14,15)16)5-4-6-17-11/h4-6,8H,7H2,1-3H3,(H,17,18). The Hall–Kier alpha value is -2.12. The van der Waals surface area contributed by atoms with Crippen molar-refractivity contribution < 1.29 is 13.2 Å². The van der Waals surface area contributed by atoms with E-state index in [1.54, 1.807) is 11.6 Å². The van der Waals surface area contributed by atoms with Crippen LogP contribution in [-0.2, 0) is 19.8 Å². The number of aromatic nitrogens is 4. The number of halogens is 3. The lowest BCUT2D eigenvalue weighted by Gasteiger charge is -2.13. The highest BCUT2D eigenvalue weighted by Gasteiger charge is 2.34. The van der Waals surface area contributed by atoms with E-state index in [-0.39, 0.29) is 18.3 Å². The average molecular weight is 299 g/mol. The monoisotopic (exact) mass is 299 g/mol. The molecule has 1 N–H and O–H groups in total. The molecule has 0 atom stereocenters. The van der Waals surface area contributed by atoms with Crippen molar-refractivity contribution in [3.63, 3.8) is 0 Å². The molecule has 2 aromatic heterocycles. The van der Waals surface area contributed by atoms with Crippen molar-refractivity contribution in [3.05, 3.63) is 35.5 Å². The van der Waals surface area contributed by atoms with Crippen LogP contribution in [-0.4, -0.2) is 19.7 Å². The SMILES string of the molecule is CC(C)c1nnc(CNc2ncccc2C(F)(F)F)n1C. The van der Waals surface area contributed by atoms with Crippen LogP contribution < -0.4 is 5.32 Å². The van der Waals surface area contributed by atoms with E-state index in [1.807, 2.05) is 13.8 Å². The minimum atomic E-state index is -4.44. The van der Waals surface area contributed by atoms with E-state index < -0.39 is 11.7 Å². The molecule has 0 fully saturated rings. The molecule has 0 bridgehead atoms. The Morgan fingerprint density at radius 1 is 1.29 bits per heavy atom. The summed E-state index contributed by atoms with van der Waals surface area (Å²) < 4.78 is 40.3. The third kappa shape index (κ3) is 3.32. The van der Waals surface area contributed by atoms with E-state index in [2.05, 4.69) is 20.5 Å². The molecule has 0 radical (unpaired) electrons. The van der Waals surface area contributed by atoms with Crippen LogP contribution >= 0.6 is 0 Å². The lowest BCUT2D eigenvalue weighted by molar-refractivity contribution is -0.137. The highest BCUT2D eigenvalue weighted by Crippen LogP contribution is 2.33. The Bertz CT molecular complexity index is 619. The fourth-order valence-corrected chi connectivity index (χ4v) is 1.97. The minimum absolute atomic E-state index is 0.121. The van der Waals surface area contributed by atoms with Crippen molar-refractivity contribution in [3.8, 4) is 0 Å². The molecular formula is C13H16F3N5. The third-order valence-electron chi connectivity index (χ3n) is 3.04. The zero-order valence-electron chi connectivity index (χ0n) is 11.9. The first kappa shape index (κ1) is 15.3. The average Bonchev–Trinajstić information content (AvgIpc) is 2.77. The van der Waals surface area contributed by atoms with Gasteiger partial charge in [-0.3, -0.25) is 0 Å². The molecule has 5 nitrogen and oxygen atoms in total. The van der Waals surface area contributed by atoms with Crippen molar-refractivity contribution in [2.24, 2.45) is 7.05 Å². The van der Waals surface area contributed by atoms with Gasteiger partial charge in [0, 0.05) is 19.2 Å². The molecule has 2 aromatic rings. The number of nitrogens with one attached hydrogen (secondary N) is 1. The maximum atomic E-state index is 12.9. The molecule has 114 valence electrons. The van der Waals surface area contributed by atoms with Crippen LogP contribution in [0.25, 0.3) is 0 Å². The summed E-state index contributed by atoms with van der Waals surface area (Å²) in [6.45, 7) is 4.07. The van der Waals surface area contributed by atoms with E-state index in [4.69, 9.17) is 0 Å². The van der Waals surface area contributed by atoms with Crippen LogP contribution in [0.5, 0.6) is 0 Å². The number of rotatable bonds is 4. The molecule has 0 amide bonds. The Kier molecular flexibility index (Phi) is 4.15. The van der Waals surface area contributed by atoms with Crippen molar-refractivity contribution in [1.29, 1.82) is 0 Å². The zero-order chi connectivity index (χ0) is 15.6. The quantitative estimate of drug-likeness (QED) is 0.943. The van der Waals surface area contributed by atoms with Crippen molar-refractivity contribution >= 4 is 5.82 Å². The predicted octanol–water partition coefficient (Wildman–Crippen LogP) is 2.96. The number of pyridine rings is 1. The Balaban J connectivity index is 2.18. The van der Waals surface area contributed by atoms with Crippen LogP contribution in [0.1, 0.15) is 37.0 Å². The second-order valence-electron chi connectivity index (χ2n) is 4.94. The normalized spacial score (nSPS) is 12.0. The highest BCUT2D eigenvalue weighted by molar-refractivity contribution is 5.45. The molecule has 8 heteroatoms.